The van der Waals surface area contributed by atoms with Crippen LogP contribution in [0.3, 0.4) is 0 Å². The molecule has 1 aliphatic rings. The zero-order chi connectivity index (χ0) is 20.4. The second kappa shape index (κ2) is 8.30. The molecule has 0 radical (unpaired) electrons. The number of pyridine rings is 1. The van der Waals surface area contributed by atoms with E-state index in [1.165, 1.54) is 5.56 Å². The van der Waals surface area contributed by atoms with Gasteiger partial charge in [0, 0.05) is 43.4 Å². The van der Waals surface area contributed by atoms with Crippen molar-refractivity contribution in [2.45, 2.75) is 32.4 Å². The summed E-state index contributed by atoms with van der Waals surface area (Å²) in [7, 11) is 1.72. The van der Waals surface area contributed by atoms with Crippen LogP contribution in [0.25, 0.3) is 0 Å². The normalized spacial score (nSPS) is 19.0. The van der Waals surface area contributed by atoms with Crippen LogP contribution >= 0.6 is 12.2 Å². The first-order valence-electron chi connectivity index (χ1n) is 9.63. The van der Waals surface area contributed by atoms with Gasteiger partial charge in [0.05, 0.1) is 17.8 Å². The lowest BCUT2D eigenvalue weighted by molar-refractivity contribution is 0.180. The SMILES string of the molecule is COCCCN1C(=S)N[C@H](c2ccccn2)[C@H]1c1cc(C)n(-n2cnnc2)c1C. The fourth-order valence-electron chi connectivity index (χ4n) is 4.09. The van der Waals surface area contributed by atoms with Crippen LogP contribution in [0, 0.1) is 13.8 Å². The number of ether oxygens (including phenoxy) is 1. The molecule has 8 nitrogen and oxygen atoms in total. The molecular formula is C20H25N7OS. The molecular weight excluding hydrogens is 386 g/mol. The van der Waals surface area contributed by atoms with Crippen LogP contribution in [0.1, 0.15) is 41.1 Å². The number of nitrogens with zero attached hydrogens (tertiary/aromatic N) is 6. The number of hydrogen-bond donors (Lipinski definition) is 1. The van der Waals surface area contributed by atoms with Crippen molar-refractivity contribution in [2.75, 3.05) is 20.3 Å². The molecule has 1 fully saturated rings. The van der Waals surface area contributed by atoms with E-state index in [1.54, 1.807) is 19.8 Å². The van der Waals surface area contributed by atoms with Crippen molar-refractivity contribution in [2.24, 2.45) is 0 Å². The van der Waals surface area contributed by atoms with E-state index in [1.807, 2.05) is 29.1 Å². The summed E-state index contributed by atoms with van der Waals surface area (Å²) in [6.45, 7) is 5.71. The number of aryl methyl sites for hydroxylation is 1. The van der Waals surface area contributed by atoms with E-state index in [2.05, 4.69) is 50.0 Å². The Morgan fingerprint density at radius 3 is 2.69 bits per heavy atom. The quantitative estimate of drug-likeness (QED) is 0.473. The summed E-state index contributed by atoms with van der Waals surface area (Å²) < 4.78 is 9.26. The highest BCUT2D eigenvalue weighted by Gasteiger charge is 2.41. The second-order valence-corrected chi connectivity index (χ2v) is 7.53. The Morgan fingerprint density at radius 2 is 2.00 bits per heavy atom. The molecule has 1 aliphatic heterocycles. The van der Waals surface area contributed by atoms with E-state index in [4.69, 9.17) is 17.0 Å². The van der Waals surface area contributed by atoms with Gasteiger partial charge in [-0.05, 0) is 50.7 Å². The van der Waals surface area contributed by atoms with Gasteiger partial charge in [-0.3, -0.25) is 9.66 Å². The van der Waals surface area contributed by atoms with Gasteiger partial charge < -0.3 is 15.0 Å². The third kappa shape index (κ3) is 3.63. The smallest absolute Gasteiger partial charge is 0.170 e. The van der Waals surface area contributed by atoms with Crippen molar-refractivity contribution in [1.82, 2.24) is 34.8 Å². The van der Waals surface area contributed by atoms with Crippen LogP contribution in [-0.2, 0) is 4.74 Å². The lowest BCUT2D eigenvalue weighted by Crippen LogP contribution is -2.31. The Balaban J connectivity index is 1.77. The highest BCUT2D eigenvalue weighted by atomic mass is 32.1. The average molecular weight is 412 g/mol. The van der Waals surface area contributed by atoms with Crippen LogP contribution in [0.15, 0.2) is 43.1 Å². The van der Waals surface area contributed by atoms with Gasteiger partial charge in [-0.15, -0.1) is 10.2 Å². The highest BCUT2D eigenvalue weighted by molar-refractivity contribution is 7.80. The minimum absolute atomic E-state index is 0.0268. The van der Waals surface area contributed by atoms with Crippen molar-refractivity contribution in [3.63, 3.8) is 0 Å². The highest BCUT2D eigenvalue weighted by Crippen LogP contribution is 2.40. The summed E-state index contributed by atoms with van der Waals surface area (Å²) in [6, 6.07) is 8.21. The molecule has 1 saturated heterocycles. The Hall–Kier alpha value is -2.78. The number of methoxy groups -OCH3 is 1. The third-order valence-electron chi connectivity index (χ3n) is 5.34. The van der Waals surface area contributed by atoms with Crippen molar-refractivity contribution >= 4 is 17.3 Å². The van der Waals surface area contributed by atoms with Crippen LogP contribution in [0.2, 0.25) is 0 Å². The number of aromatic nitrogens is 5. The van der Waals surface area contributed by atoms with Gasteiger partial charge in [-0.1, -0.05) is 6.07 Å². The first kappa shape index (κ1) is 19.5. The molecule has 4 rings (SSSR count). The zero-order valence-electron chi connectivity index (χ0n) is 16.8. The van der Waals surface area contributed by atoms with Crippen molar-refractivity contribution in [3.8, 4) is 0 Å². The number of thiocarbonyl (C=S) groups is 1. The second-order valence-electron chi connectivity index (χ2n) is 7.15. The topological polar surface area (TPSA) is 73.0 Å². The summed E-state index contributed by atoms with van der Waals surface area (Å²) in [5.74, 6) is 0. The Kier molecular flexibility index (Phi) is 5.59. The average Bonchev–Trinajstić information content (AvgIpc) is 3.42. The standard InChI is InChI=1S/C20H25N7OS/c1-14-11-16(15(2)27(14)25-12-22-23-13-25)19-18(17-7-4-5-8-21-17)24-20(29)26(19)9-6-10-28-3/h4-5,7-8,11-13,18-19H,6,9-10H2,1-3H3,(H,24,29)/t18-,19-/m1/s1. The lowest BCUT2D eigenvalue weighted by atomic mass is 9.96. The van der Waals surface area contributed by atoms with Gasteiger partial charge in [0.25, 0.3) is 0 Å². The predicted octanol–water partition coefficient (Wildman–Crippen LogP) is 2.41. The zero-order valence-corrected chi connectivity index (χ0v) is 17.6. The monoisotopic (exact) mass is 411 g/mol. The molecule has 0 spiro atoms. The molecule has 3 aromatic heterocycles. The summed E-state index contributed by atoms with van der Waals surface area (Å²) >= 11 is 5.72. The van der Waals surface area contributed by atoms with Crippen molar-refractivity contribution in [3.05, 3.63) is 65.8 Å². The summed E-state index contributed by atoms with van der Waals surface area (Å²) in [6.07, 6.45) is 6.13. The van der Waals surface area contributed by atoms with Crippen LogP contribution < -0.4 is 5.32 Å². The lowest BCUT2D eigenvalue weighted by Gasteiger charge is -2.28. The first-order chi connectivity index (χ1) is 14.1. The van der Waals surface area contributed by atoms with Crippen LogP contribution in [-0.4, -0.2) is 54.8 Å². The fraction of sp³-hybridized carbons (Fsp3) is 0.400. The molecule has 0 aromatic carbocycles. The van der Waals surface area contributed by atoms with Crippen molar-refractivity contribution in [1.29, 1.82) is 0 Å². The van der Waals surface area contributed by atoms with Crippen LogP contribution in [0.5, 0.6) is 0 Å². The van der Waals surface area contributed by atoms with E-state index >= 15 is 0 Å². The molecule has 0 saturated carbocycles. The molecule has 1 N–H and O–H groups in total. The molecule has 2 atom stereocenters. The summed E-state index contributed by atoms with van der Waals surface area (Å²) in [4.78, 5) is 6.86. The molecule has 29 heavy (non-hydrogen) atoms. The molecule has 0 unspecified atom stereocenters. The van der Waals surface area contributed by atoms with Gasteiger partial charge in [0.15, 0.2) is 5.11 Å². The maximum Gasteiger partial charge on any atom is 0.170 e. The van der Waals surface area contributed by atoms with Gasteiger partial charge >= 0.3 is 0 Å². The van der Waals surface area contributed by atoms with E-state index < -0.39 is 0 Å². The molecule has 0 bridgehead atoms. The molecule has 0 aliphatic carbocycles. The van der Waals surface area contributed by atoms with E-state index in [9.17, 15) is 0 Å². The largest absolute Gasteiger partial charge is 0.385 e. The molecule has 0 amide bonds. The van der Waals surface area contributed by atoms with Gasteiger partial charge in [0.1, 0.15) is 12.7 Å². The predicted molar refractivity (Wildman–Crippen MR) is 113 cm³/mol. The van der Waals surface area contributed by atoms with E-state index in [0.717, 1.165) is 35.2 Å². The maximum absolute atomic E-state index is 5.72. The summed E-state index contributed by atoms with van der Waals surface area (Å²) in [5.41, 5.74) is 4.41. The third-order valence-corrected chi connectivity index (χ3v) is 5.69. The van der Waals surface area contributed by atoms with Crippen LogP contribution in [0.4, 0.5) is 0 Å². The fourth-order valence-corrected chi connectivity index (χ4v) is 4.43. The molecule has 4 heterocycles. The number of rotatable bonds is 7. The molecule has 3 aromatic rings. The van der Waals surface area contributed by atoms with Gasteiger partial charge in [-0.2, -0.15) is 0 Å². The number of hydrogen-bond acceptors (Lipinski definition) is 5. The molecule has 9 heteroatoms. The minimum atomic E-state index is -0.0268. The van der Waals surface area contributed by atoms with Crippen molar-refractivity contribution < 1.29 is 4.74 Å². The first-order valence-corrected chi connectivity index (χ1v) is 10.0. The Morgan fingerprint density at radius 1 is 1.21 bits per heavy atom. The van der Waals surface area contributed by atoms with E-state index in [0.29, 0.717) is 6.61 Å². The molecule has 152 valence electrons. The Bertz CT molecular complexity index is 970. The van der Waals surface area contributed by atoms with Gasteiger partial charge in [-0.25, -0.2) is 4.68 Å². The summed E-state index contributed by atoms with van der Waals surface area (Å²) in [5, 5.41) is 12.1. The van der Waals surface area contributed by atoms with E-state index in [-0.39, 0.29) is 12.1 Å². The Labute approximate surface area is 175 Å². The number of nitrogens with one attached hydrogen (secondary N) is 1. The maximum atomic E-state index is 5.72. The minimum Gasteiger partial charge on any atom is -0.385 e. The van der Waals surface area contributed by atoms with Gasteiger partial charge in [0.2, 0.25) is 0 Å².